The van der Waals surface area contributed by atoms with Crippen LogP contribution in [0.25, 0.3) is 28.2 Å². The van der Waals surface area contributed by atoms with Crippen LogP contribution in [-0.2, 0) is 13.0 Å². The SMILES string of the molecule is CCn1c(Cc2ccnn2-c2cccc(F)c2)nc2ccc(-c3nnc(C)o3)cc21. The molecule has 0 bridgehead atoms. The van der Waals surface area contributed by atoms with Crippen molar-refractivity contribution >= 4 is 11.0 Å². The minimum absolute atomic E-state index is 0.293. The summed E-state index contributed by atoms with van der Waals surface area (Å²) in [5.74, 6) is 1.63. The number of nitrogens with zero attached hydrogens (tertiary/aromatic N) is 6. The Morgan fingerprint density at radius 3 is 2.73 bits per heavy atom. The van der Waals surface area contributed by atoms with Gasteiger partial charge in [-0.2, -0.15) is 5.10 Å². The van der Waals surface area contributed by atoms with Gasteiger partial charge in [0.15, 0.2) is 0 Å². The lowest BCUT2D eigenvalue weighted by atomic mass is 10.2. The van der Waals surface area contributed by atoms with Crippen LogP contribution in [0.3, 0.4) is 0 Å². The maximum absolute atomic E-state index is 13.7. The summed E-state index contributed by atoms with van der Waals surface area (Å²) in [5.41, 5.74) is 4.36. The highest BCUT2D eigenvalue weighted by molar-refractivity contribution is 5.81. The number of rotatable bonds is 5. The third-order valence-corrected chi connectivity index (χ3v) is 5.03. The highest BCUT2D eigenvalue weighted by Crippen LogP contribution is 2.26. The van der Waals surface area contributed by atoms with E-state index < -0.39 is 0 Å². The molecule has 7 nitrogen and oxygen atoms in total. The van der Waals surface area contributed by atoms with E-state index >= 15 is 0 Å². The average Bonchev–Trinajstić information content (AvgIpc) is 3.46. The van der Waals surface area contributed by atoms with Gasteiger partial charge in [-0.25, -0.2) is 14.1 Å². The Morgan fingerprint density at radius 1 is 1.07 bits per heavy atom. The van der Waals surface area contributed by atoms with Gasteiger partial charge in [0.05, 0.1) is 22.4 Å². The van der Waals surface area contributed by atoms with Crippen LogP contribution < -0.4 is 0 Å². The summed E-state index contributed by atoms with van der Waals surface area (Å²) in [4.78, 5) is 4.83. The molecule has 3 heterocycles. The number of fused-ring (bicyclic) bond motifs is 1. The standard InChI is InChI=1S/C22H19FN6O/c1-3-28-20-11-15(22-27-26-14(2)30-22)7-8-19(20)25-21(28)13-18-9-10-24-29(18)17-6-4-5-16(23)12-17/h4-12H,3,13H2,1-2H3. The van der Waals surface area contributed by atoms with Gasteiger partial charge >= 0.3 is 0 Å². The predicted molar refractivity (Wildman–Crippen MR) is 110 cm³/mol. The molecule has 5 rings (SSSR count). The predicted octanol–water partition coefficient (Wildman–Crippen LogP) is 4.33. The molecule has 2 aromatic carbocycles. The first kappa shape index (κ1) is 18.2. The Labute approximate surface area is 171 Å². The molecule has 30 heavy (non-hydrogen) atoms. The van der Waals surface area contributed by atoms with Gasteiger partial charge < -0.3 is 8.98 Å². The van der Waals surface area contributed by atoms with Crippen molar-refractivity contribution in [1.82, 2.24) is 29.5 Å². The molecule has 3 aromatic heterocycles. The zero-order chi connectivity index (χ0) is 20.7. The largest absolute Gasteiger partial charge is 0.421 e. The maximum atomic E-state index is 13.7. The molecule has 0 saturated heterocycles. The van der Waals surface area contributed by atoms with Crippen LogP contribution >= 0.6 is 0 Å². The molecule has 0 radical (unpaired) electrons. The van der Waals surface area contributed by atoms with Gasteiger partial charge in [0.1, 0.15) is 11.6 Å². The fourth-order valence-electron chi connectivity index (χ4n) is 3.67. The molecule has 0 unspecified atom stereocenters. The van der Waals surface area contributed by atoms with E-state index in [4.69, 9.17) is 9.40 Å². The summed E-state index contributed by atoms with van der Waals surface area (Å²) in [7, 11) is 0. The van der Waals surface area contributed by atoms with Crippen LogP contribution in [0.5, 0.6) is 0 Å². The van der Waals surface area contributed by atoms with Crippen LogP contribution in [0.1, 0.15) is 24.3 Å². The molecule has 0 amide bonds. The van der Waals surface area contributed by atoms with Crippen molar-refractivity contribution < 1.29 is 8.81 Å². The fraction of sp³-hybridized carbons (Fsp3) is 0.182. The van der Waals surface area contributed by atoms with E-state index in [9.17, 15) is 4.39 Å². The van der Waals surface area contributed by atoms with Crippen molar-refractivity contribution in [2.45, 2.75) is 26.8 Å². The molecule has 0 fully saturated rings. The van der Waals surface area contributed by atoms with Crippen molar-refractivity contribution in [1.29, 1.82) is 0 Å². The van der Waals surface area contributed by atoms with Crippen molar-refractivity contribution in [2.75, 3.05) is 0 Å². The van der Waals surface area contributed by atoms with Crippen LogP contribution in [0.15, 0.2) is 59.1 Å². The van der Waals surface area contributed by atoms with E-state index in [-0.39, 0.29) is 5.82 Å². The van der Waals surface area contributed by atoms with Crippen LogP contribution in [0.4, 0.5) is 4.39 Å². The van der Waals surface area contributed by atoms with E-state index in [1.165, 1.54) is 12.1 Å². The Balaban J connectivity index is 1.55. The molecular formula is C22H19FN6O. The van der Waals surface area contributed by atoms with Gasteiger partial charge in [-0.3, -0.25) is 0 Å². The Bertz CT molecular complexity index is 1350. The number of hydrogen-bond acceptors (Lipinski definition) is 5. The molecule has 8 heteroatoms. The minimum Gasteiger partial charge on any atom is -0.421 e. The normalized spacial score (nSPS) is 11.4. The quantitative estimate of drug-likeness (QED) is 0.437. The van der Waals surface area contributed by atoms with Gasteiger partial charge in [0, 0.05) is 31.6 Å². The lowest BCUT2D eigenvalue weighted by Crippen LogP contribution is -2.07. The van der Waals surface area contributed by atoms with E-state index in [0.29, 0.717) is 23.9 Å². The van der Waals surface area contributed by atoms with Crippen LogP contribution in [0.2, 0.25) is 0 Å². The summed E-state index contributed by atoms with van der Waals surface area (Å²) < 4.78 is 23.1. The average molecular weight is 402 g/mol. The summed E-state index contributed by atoms with van der Waals surface area (Å²) >= 11 is 0. The zero-order valence-corrected chi connectivity index (χ0v) is 16.6. The van der Waals surface area contributed by atoms with Gasteiger partial charge in [0.25, 0.3) is 0 Å². The van der Waals surface area contributed by atoms with Gasteiger partial charge in [-0.15, -0.1) is 10.2 Å². The third-order valence-electron chi connectivity index (χ3n) is 5.03. The monoisotopic (exact) mass is 402 g/mol. The second-order valence-electron chi connectivity index (χ2n) is 6.99. The molecule has 5 aromatic rings. The Hall–Kier alpha value is -3.81. The second-order valence-corrected chi connectivity index (χ2v) is 6.99. The molecule has 0 aliphatic rings. The molecule has 0 spiro atoms. The van der Waals surface area contributed by atoms with E-state index in [1.54, 1.807) is 23.9 Å². The zero-order valence-electron chi connectivity index (χ0n) is 16.6. The first-order chi connectivity index (χ1) is 14.6. The van der Waals surface area contributed by atoms with Gasteiger partial charge in [-0.1, -0.05) is 6.07 Å². The minimum atomic E-state index is -0.293. The molecule has 0 aliphatic heterocycles. The Morgan fingerprint density at radius 2 is 1.97 bits per heavy atom. The smallest absolute Gasteiger partial charge is 0.247 e. The van der Waals surface area contributed by atoms with Gasteiger partial charge in [0.2, 0.25) is 11.8 Å². The molecule has 0 saturated carbocycles. The summed E-state index contributed by atoms with van der Waals surface area (Å²) in [6, 6.07) is 14.2. The van der Waals surface area contributed by atoms with Crippen LogP contribution in [-0.4, -0.2) is 29.5 Å². The van der Waals surface area contributed by atoms with Gasteiger partial charge in [-0.05, 0) is 49.4 Å². The number of benzene rings is 2. The number of halogens is 1. The lowest BCUT2D eigenvalue weighted by molar-refractivity contribution is 0.533. The summed E-state index contributed by atoms with van der Waals surface area (Å²) in [5, 5.41) is 12.4. The summed E-state index contributed by atoms with van der Waals surface area (Å²) in [6.45, 7) is 4.61. The van der Waals surface area contributed by atoms with Crippen molar-refractivity contribution in [3.63, 3.8) is 0 Å². The van der Waals surface area contributed by atoms with Crippen molar-refractivity contribution in [2.24, 2.45) is 0 Å². The third kappa shape index (κ3) is 3.16. The number of aromatic nitrogens is 6. The second kappa shape index (κ2) is 7.22. The van der Waals surface area contributed by atoms with Crippen molar-refractivity contribution in [3.8, 4) is 17.1 Å². The number of hydrogen-bond donors (Lipinski definition) is 0. The molecule has 150 valence electrons. The maximum Gasteiger partial charge on any atom is 0.247 e. The summed E-state index contributed by atoms with van der Waals surface area (Å²) in [6.07, 6.45) is 2.28. The first-order valence-corrected chi connectivity index (χ1v) is 9.71. The molecular weight excluding hydrogens is 383 g/mol. The molecule has 0 aliphatic carbocycles. The highest BCUT2D eigenvalue weighted by Gasteiger charge is 2.16. The number of imidazole rings is 1. The number of aryl methyl sites for hydroxylation is 2. The van der Waals surface area contributed by atoms with E-state index in [0.717, 1.165) is 34.7 Å². The fourth-order valence-corrected chi connectivity index (χ4v) is 3.67. The molecule has 0 atom stereocenters. The first-order valence-electron chi connectivity index (χ1n) is 9.71. The van der Waals surface area contributed by atoms with Crippen molar-refractivity contribution in [3.05, 3.63) is 78.0 Å². The van der Waals surface area contributed by atoms with E-state index in [1.807, 2.05) is 30.3 Å². The topological polar surface area (TPSA) is 74.6 Å². The molecule has 0 N–H and O–H groups in total. The highest BCUT2D eigenvalue weighted by atomic mass is 19.1. The Kier molecular flexibility index (Phi) is 4.39. The lowest BCUT2D eigenvalue weighted by Gasteiger charge is -2.09. The van der Waals surface area contributed by atoms with Crippen LogP contribution in [0, 0.1) is 12.7 Å². The van der Waals surface area contributed by atoms with E-state index in [2.05, 4.69) is 26.8 Å².